The Kier molecular flexibility index (Phi) is 2.86. The Labute approximate surface area is 111 Å². The standard InChI is InChI=1S/C13H8F2N4O/c14-9-2-1-7(3-10(9)15)13(20)19-8-4-11-12(16-5-8)18-6-17-11/h1-6H,(H,19,20)(H,16,17,18). The van der Waals surface area contributed by atoms with Gasteiger partial charge >= 0.3 is 0 Å². The first-order valence-corrected chi connectivity index (χ1v) is 5.69. The largest absolute Gasteiger partial charge is 0.343 e. The second-order valence-corrected chi connectivity index (χ2v) is 4.08. The molecule has 3 rings (SSSR count). The molecule has 0 saturated heterocycles. The van der Waals surface area contributed by atoms with Crippen molar-refractivity contribution < 1.29 is 13.6 Å². The lowest BCUT2D eigenvalue weighted by molar-refractivity contribution is 0.102. The summed E-state index contributed by atoms with van der Waals surface area (Å²) in [5.74, 6) is -2.62. The third-order valence-corrected chi connectivity index (χ3v) is 2.71. The summed E-state index contributed by atoms with van der Waals surface area (Å²) in [5, 5.41) is 2.55. The Bertz CT molecular complexity index is 800. The summed E-state index contributed by atoms with van der Waals surface area (Å²) < 4.78 is 25.9. The van der Waals surface area contributed by atoms with Crippen molar-refractivity contribution in [3.05, 3.63) is 54.0 Å². The summed E-state index contributed by atoms with van der Waals surface area (Å²) >= 11 is 0. The molecule has 20 heavy (non-hydrogen) atoms. The topological polar surface area (TPSA) is 70.7 Å². The number of aromatic nitrogens is 3. The molecule has 0 saturated carbocycles. The molecular formula is C13H8F2N4O. The minimum atomic E-state index is -1.07. The van der Waals surface area contributed by atoms with Crippen LogP contribution in [0.1, 0.15) is 10.4 Å². The van der Waals surface area contributed by atoms with Crippen molar-refractivity contribution in [2.75, 3.05) is 5.32 Å². The smallest absolute Gasteiger partial charge is 0.255 e. The van der Waals surface area contributed by atoms with E-state index in [2.05, 4.69) is 20.3 Å². The number of pyridine rings is 1. The third kappa shape index (κ3) is 2.20. The number of carbonyl (C=O) groups excluding carboxylic acids is 1. The first kappa shape index (κ1) is 12.2. The molecule has 0 bridgehead atoms. The molecule has 5 nitrogen and oxygen atoms in total. The van der Waals surface area contributed by atoms with E-state index in [0.29, 0.717) is 16.9 Å². The molecule has 0 spiro atoms. The van der Waals surface area contributed by atoms with Crippen LogP contribution in [-0.2, 0) is 0 Å². The lowest BCUT2D eigenvalue weighted by atomic mass is 10.2. The van der Waals surface area contributed by atoms with E-state index in [9.17, 15) is 13.6 Å². The summed E-state index contributed by atoms with van der Waals surface area (Å²) in [6.07, 6.45) is 2.92. The molecule has 0 aliphatic carbocycles. The second-order valence-electron chi connectivity index (χ2n) is 4.08. The van der Waals surface area contributed by atoms with Gasteiger partial charge in [0.05, 0.1) is 23.7 Å². The number of fused-ring (bicyclic) bond motifs is 1. The Morgan fingerprint density at radius 3 is 2.80 bits per heavy atom. The maximum absolute atomic E-state index is 13.1. The summed E-state index contributed by atoms with van der Waals surface area (Å²) in [6.45, 7) is 0. The maximum Gasteiger partial charge on any atom is 0.255 e. The molecule has 0 unspecified atom stereocenters. The Balaban J connectivity index is 1.85. The SMILES string of the molecule is O=C(Nc1cnc2nc[nH]c2c1)c1ccc(F)c(F)c1. The van der Waals surface area contributed by atoms with Crippen LogP contribution < -0.4 is 5.32 Å². The van der Waals surface area contributed by atoms with Gasteiger partial charge in [-0.25, -0.2) is 18.7 Å². The molecule has 1 amide bonds. The number of halogens is 2. The van der Waals surface area contributed by atoms with Crippen molar-refractivity contribution in [2.24, 2.45) is 0 Å². The van der Waals surface area contributed by atoms with E-state index in [1.807, 2.05) is 0 Å². The van der Waals surface area contributed by atoms with Crippen LogP contribution in [0.25, 0.3) is 11.2 Å². The molecule has 1 aromatic carbocycles. The molecule has 0 fully saturated rings. The summed E-state index contributed by atoms with van der Waals surface area (Å²) in [5.41, 5.74) is 1.63. The number of imidazole rings is 1. The molecule has 2 N–H and O–H groups in total. The van der Waals surface area contributed by atoms with Gasteiger partial charge in [0.2, 0.25) is 0 Å². The van der Waals surface area contributed by atoms with Crippen LogP contribution in [-0.4, -0.2) is 20.9 Å². The van der Waals surface area contributed by atoms with Gasteiger partial charge in [0.1, 0.15) is 0 Å². The lowest BCUT2D eigenvalue weighted by Gasteiger charge is -2.05. The molecule has 0 radical (unpaired) electrons. The van der Waals surface area contributed by atoms with E-state index in [1.54, 1.807) is 6.07 Å². The minimum Gasteiger partial charge on any atom is -0.343 e. The van der Waals surface area contributed by atoms with E-state index >= 15 is 0 Å². The highest BCUT2D eigenvalue weighted by Crippen LogP contribution is 2.15. The number of aromatic amines is 1. The van der Waals surface area contributed by atoms with Crippen molar-refractivity contribution in [1.29, 1.82) is 0 Å². The van der Waals surface area contributed by atoms with Crippen molar-refractivity contribution >= 4 is 22.8 Å². The number of carbonyl (C=O) groups is 1. The number of H-pyrrole nitrogens is 1. The highest BCUT2D eigenvalue weighted by Gasteiger charge is 2.10. The van der Waals surface area contributed by atoms with Crippen LogP contribution in [0.2, 0.25) is 0 Å². The van der Waals surface area contributed by atoms with E-state index in [4.69, 9.17) is 0 Å². The fraction of sp³-hybridized carbons (Fsp3) is 0. The van der Waals surface area contributed by atoms with Crippen LogP contribution in [0.15, 0.2) is 36.8 Å². The second kappa shape index (κ2) is 4.69. The summed E-state index contributed by atoms with van der Waals surface area (Å²) in [4.78, 5) is 22.7. The van der Waals surface area contributed by atoms with Gasteiger partial charge in [0.25, 0.3) is 5.91 Å². The summed E-state index contributed by atoms with van der Waals surface area (Å²) in [6, 6.07) is 4.59. The van der Waals surface area contributed by atoms with Crippen LogP contribution in [0.3, 0.4) is 0 Å². The molecule has 100 valence electrons. The van der Waals surface area contributed by atoms with E-state index in [-0.39, 0.29) is 5.56 Å². The molecule has 2 aromatic heterocycles. The normalized spacial score (nSPS) is 10.7. The third-order valence-electron chi connectivity index (χ3n) is 2.71. The molecule has 7 heteroatoms. The van der Waals surface area contributed by atoms with Crippen LogP contribution in [0.4, 0.5) is 14.5 Å². The first-order chi connectivity index (χ1) is 9.63. The fourth-order valence-electron chi connectivity index (χ4n) is 1.74. The number of nitrogens with zero attached hydrogens (tertiary/aromatic N) is 2. The number of hydrogen-bond donors (Lipinski definition) is 2. The first-order valence-electron chi connectivity index (χ1n) is 5.69. The number of anilines is 1. The fourth-order valence-corrected chi connectivity index (χ4v) is 1.74. The van der Waals surface area contributed by atoms with Gasteiger partial charge in [-0.3, -0.25) is 4.79 Å². The van der Waals surface area contributed by atoms with Gasteiger partial charge in [-0.05, 0) is 24.3 Å². The number of nitrogens with one attached hydrogen (secondary N) is 2. The van der Waals surface area contributed by atoms with Gasteiger partial charge < -0.3 is 10.3 Å². The van der Waals surface area contributed by atoms with Crippen molar-refractivity contribution in [1.82, 2.24) is 15.0 Å². The van der Waals surface area contributed by atoms with Gasteiger partial charge in [0.15, 0.2) is 17.3 Å². The zero-order valence-corrected chi connectivity index (χ0v) is 10.0. The number of rotatable bonds is 2. The Morgan fingerprint density at radius 1 is 1.15 bits per heavy atom. The van der Waals surface area contributed by atoms with Crippen molar-refractivity contribution in [3.63, 3.8) is 0 Å². The monoisotopic (exact) mass is 274 g/mol. The number of amides is 1. The Morgan fingerprint density at radius 2 is 2.00 bits per heavy atom. The molecule has 2 heterocycles. The predicted octanol–water partition coefficient (Wildman–Crippen LogP) is 2.49. The van der Waals surface area contributed by atoms with Crippen molar-refractivity contribution in [2.45, 2.75) is 0 Å². The number of benzene rings is 1. The molecule has 0 aliphatic rings. The highest BCUT2D eigenvalue weighted by molar-refractivity contribution is 6.04. The molecule has 0 aliphatic heterocycles. The lowest BCUT2D eigenvalue weighted by Crippen LogP contribution is -2.12. The van der Waals surface area contributed by atoms with Gasteiger partial charge in [-0.2, -0.15) is 0 Å². The van der Waals surface area contributed by atoms with E-state index < -0.39 is 17.5 Å². The van der Waals surface area contributed by atoms with E-state index in [0.717, 1.165) is 12.1 Å². The molecular weight excluding hydrogens is 266 g/mol. The van der Waals surface area contributed by atoms with Gasteiger partial charge in [0, 0.05) is 5.56 Å². The van der Waals surface area contributed by atoms with Crippen molar-refractivity contribution in [3.8, 4) is 0 Å². The van der Waals surface area contributed by atoms with Crippen LogP contribution in [0.5, 0.6) is 0 Å². The van der Waals surface area contributed by atoms with Gasteiger partial charge in [-0.1, -0.05) is 0 Å². The maximum atomic E-state index is 13.1. The quantitative estimate of drug-likeness (QED) is 0.754. The van der Waals surface area contributed by atoms with Gasteiger partial charge in [-0.15, -0.1) is 0 Å². The summed E-state index contributed by atoms with van der Waals surface area (Å²) in [7, 11) is 0. The van der Waals surface area contributed by atoms with Crippen LogP contribution in [0, 0.1) is 11.6 Å². The molecule has 0 atom stereocenters. The average Bonchev–Trinajstić information content (AvgIpc) is 2.89. The predicted molar refractivity (Wildman–Crippen MR) is 68.2 cm³/mol. The minimum absolute atomic E-state index is 0.0219. The van der Waals surface area contributed by atoms with E-state index in [1.165, 1.54) is 18.6 Å². The highest BCUT2D eigenvalue weighted by atomic mass is 19.2. The van der Waals surface area contributed by atoms with Crippen LogP contribution >= 0.6 is 0 Å². The zero-order chi connectivity index (χ0) is 14.1. The molecule has 3 aromatic rings. The Hall–Kier alpha value is -2.83. The number of hydrogen-bond acceptors (Lipinski definition) is 3. The average molecular weight is 274 g/mol. The zero-order valence-electron chi connectivity index (χ0n) is 10.0.